The van der Waals surface area contributed by atoms with Gasteiger partial charge < -0.3 is 14.9 Å². The van der Waals surface area contributed by atoms with Crippen LogP contribution in [0.5, 0.6) is 5.75 Å². The third kappa shape index (κ3) is 3.83. The summed E-state index contributed by atoms with van der Waals surface area (Å²) in [5, 5.41) is 19.8. The molecule has 0 unspecified atom stereocenters. The van der Waals surface area contributed by atoms with Gasteiger partial charge >= 0.3 is 0 Å². The molecule has 0 spiro atoms. The highest BCUT2D eigenvalue weighted by molar-refractivity contribution is 7.10. The lowest BCUT2D eigenvalue weighted by atomic mass is 10.2. The summed E-state index contributed by atoms with van der Waals surface area (Å²) in [6.07, 6.45) is 0. The number of ether oxygens (including phenoxy) is 1. The molecule has 2 N–H and O–H groups in total. The van der Waals surface area contributed by atoms with E-state index in [-0.39, 0.29) is 13.2 Å². The minimum atomic E-state index is -0.133. The van der Waals surface area contributed by atoms with Crippen LogP contribution in [0.4, 0.5) is 0 Å². The molecule has 0 saturated heterocycles. The van der Waals surface area contributed by atoms with Crippen molar-refractivity contribution < 1.29 is 14.9 Å². The molecule has 1 aromatic heterocycles. The third-order valence-electron chi connectivity index (χ3n) is 2.48. The Balaban J connectivity index is 2.00. The van der Waals surface area contributed by atoms with Crippen LogP contribution in [0.2, 0.25) is 0 Å². The highest BCUT2D eigenvalue weighted by atomic mass is 32.1. The number of hydrogen-bond donors (Lipinski definition) is 2. The second kappa shape index (κ2) is 6.95. The van der Waals surface area contributed by atoms with Gasteiger partial charge in [-0.05, 0) is 12.1 Å². The van der Waals surface area contributed by atoms with E-state index < -0.39 is 0 Å². The van der Waals surface area contributed by atoms with Crippen molar-refractivity contribution in [2.75, 3.05) is 6.61 Å². The van der Waals surface area contributed by atoms with Crippen molar-refractivity contribution in [1.82, 2.24) is 0 Å². The molecule has 3 nitrogen and oxygen atoms in total. The number of benzene rings is 1. The van der Waals surface area contributed by atoms with E-state index in [1.807, 2.05) is 35.7 Å². The minimum Gasteiger partial charge on any atom is -0.488 e. The summed E-state index contributed by atoms with van der Waals surface area (Å²) in [7, 11) is 0. The van der Waals surface area contributed by atoms with Crippen LogP contribution in [-0.2, 0) is 13.2 Å². The third-order valence-corrected chi connectivity index (χ3v) is 3.39. The number of hydrogen-bond acceptors (Lipinski definition) is 4. The Labute approximate surface area is 116 Å². The van der Waals surface area contributed by atoms with E-state index in [0.29, 0.717) is 12.4 Å². The number of aliphatic hydroxyl groups excluding tert-OH is 2. The van der Waals surface area contributed by atoms with Gasteiger partial charge in [-0.25, -0.2) is 0 Å². The van der Waals surface area contributed by atoms with Crippen molar-refractivity contribution in [3.63, 3.8) is 0 Å². The van der Waals surface area contributed by atoms with Crippen molar-refractivity contribution in [2.24, 2.45) is 0 Å². The van der Waals surface area contributed by atoms with Gasteiger partial charge in [-0.2, -0.15) is 0 Å². The summed E-state index contributed by atoms with van der Waals surface area (Å²) in [4.78, 5) is 1.05. The van der Waals surface area contributed by atoms with E-state index >= 15 is 0 Å². The molecule has 98 valence electrons. The molecule has 0 aliphatic rings. The minimum absolute atomic E-state index is 0.0339. The maximum Gasteiger partial charge on any atom is 0.125 e. The zero-order chi connectivity index (χ0) is 13.5. The fourth-order valence-corrected chi connectivity index (χ4v) is 2.31. The number of thiophene rings is 1. The average Bonchev–Trinajstić information content (AvgIpc) is 2.91. The Morgan fingerprint density at radius 1 is 1.21 bits per heavy atom. The molecule has 0 amide bonds. The normalized spacial score (nSPS) is 9.79. The lowest BCUT2D eigenvalue weighted by molar-refractivity contribution is 0.260. The second-order valence-corrected chi connectivity index (χ2v) is 4.81. The second-order valence-electron chi connectivity index (χ2n) is 3.82. The van der Waals surface area contributed by atoms with E-state index in [0.717, 1.165) is 16.0 Å². The van der Waals surface area contributed by atoms with Crippen molar-refractivity contribution in [3.05, 3.63) is 51.7 Å². The molecule has 0 aliphatic heterocycles. The standard InChI is InChI=1S/C15H14O3S/c16-7-3-4-12-8-14(19-11-12)10-18-15-6-2-1-5-13(15)9-17/h1-2,5-6,8,11,16-17H,7,9-10H2. The molecule has 0 radical (unpaired) electrons. The van der Waals surface area contributed by atoms with Crippen molar-refractivity contribution >= 4 is 11.3 Å². The van der Waals surface area contributed by atoms with Gasteiger partial charge in [0, 0.05) is 21.4 Å². The highest BCUT2D eigenvalue weighted by Crippen LogP contribution is 2.21. The molecule has 0 atom stereocenters. The molecule has 2 rings (SSSR count). The van der Waals surface area contributed by atoms with Crippen molar-refractivity contribution in [2.45, 2.75) is 13.2 Å². The van der Waals surface area contributed by atoms with E-state index in [4.69, 9.17) is 9.84 Å². The van der Waals surface area contributed by atoms with Gasteiger partial charge in [0.2, 0.25) is 0 Å². The van der Waals surface area contributed by atoms with Gasteiger partial charge in [-0.15, -0.1) is 11.3 Å². The summed E-state index contributed by atoms with van der Waals surface area (Å²) >= 11 is 1.56. The Bertz CT molecular complexity index is 593. The van der Waals surface area contributed by atoms with Crippen LogP contribution in [-0.4, -0.2) is 16.8 Å². The zero-order valence-corrected chi connectivity index (χ0v) is 11.1. The fourth-order valence-electron chi connectivity index (χ4n) is 1.59. The fraction of sp³-hybridized carbons (Fsp3) is 0.200. The number of para-hydroxylation sites is 1. The Hall–Kier alpha value is -1.80. The first-order valence-corrected chi connectivity index (χ1v) is 6.70. The molecule has 0 aliphatic carbocycles. The van der Waals surface area contributed by atoms with Gasteiger partial charge in [-0.1, -0.05) is 30.0 Å². The maximum absolute atomic E-state index is 9.20. The van der Waals surface area contributed by atoms with Gasteiger partial charge in [0.05, 0.1) is 6.61 Å². The topological polar surface area (TPSA) is 49.7 Å². The highest BCUT2D eigenvalue weighted by Gasteiger charge is 2.03. The van der Waals surface area contributed by atoms with Crippen LogP contribution in [0.25, 0.3) is 0 Å². The molecular weight excluding hydrogens is 260 g/mol. The van der Waals surface area contributed by atoms with Crippen LogP contribution >= 0.6 is 11.3 Å². The molecule has 1 aromatic carbocycles. The van der Waals surface area contributed by atoms with Gasteiger partial charge in [-0.3, -0.25) is 0 Å². The molecule has 4 heteroatoms. The first kappa shape index (κ1) is 13.6. The van der Waals surface area contributed by atoms with E-state index in [1.54, 1.807) is 11.3 Å². The summed E-state index contributed by atoms with van der Waals surface area (Å²) < 4.78 is 5.68. The van der Waals surface area contributed by atoms with Crippen molar-refractivity contribution in [3.8, 4) is 17.6 Å². The van der Waals surface area contributed by atoms with Gasteiger partial charge in [0.1, 0.15) is 19.0 Å². The smallest absolute Gasteiger partial charge is 0.125 e. The summed E-state index contributed by atoms with van der Waals surface area (Å²) in [5.74, 6) is 6.15. The molecule has 0 fully saturated rings. The van der Waals surface area contributed by atoms with E-state index in [1.165, 1.54) is 0 Å². The lowest BCUT2D eigenvalue weighted by Crippen LogP contribution is -1.96. The molecule has 19 heavy (non-hydrogen) atoms. The predicted molar refractivity (Wildman–Crippen MR) is 75.0 cm³/mol. The van der Waals surface area contributed by atoms with Crippen LogP contribution in [0.3, 0.4) is 0 Å². The Kier molecular flexibility index (Phi) is 4.99. The largest absolute Gasteiger partial charge is 0.488 e. The average molecular weight is 274 g/mol. The molecule has 0 saturated carbocycles. The molecule has 0 bridgehead atoms. The molecular formula is C15H14O3S. The summed E-state index contributed by atoms with van der Waals surface area (Å²) in [6, 6.07) is 9.36. The number of aliphatic hydroxyl groups is 2. The van der Waals surface area contributed by atoms with Gasteiger partial charge in [0.15, 0.2) is 0 Å². The van der Waals surface area contributed by atoms with Crippen LogP contribution < -0.4 is 4.74 Å². The van der Waals surface area contributed by atoms with Crippen LogP contribution in [0.15, 0.2) is 35.7 Å². The molecule has 1 heterocycles. The molecule has 2 aromatic rings. The first-order valence-electron chi connectivity index (χ1n) is 5.82. The lowest BCUT2D eigenvalue weighted by Gasteiger charge is -2.08. The van der Waals surface area contributed by atoms with Crippen molar-refractivity contribution in [1.29, 1.82) is 0 Å². The predicted octanol–water partition coefficient (Wildman–Crippen LogP) is 2.16. The summed E-state index contributed by atoms with van der Waals surface area (Å²) in [6.45, 7) is 0.280. The van der Waals surface area contributed by atoms with E-state index in [2.05, 4.69) is 11.8 Å². The SMILES string of the molecule is OCC#Cc1csc(COc2ccccc2CO)c1. The number of rotatable bonds is 4. The van der Waals surface area contributed by atoms with E-state index in [9.17, 15) is 5.11 Å². The Morgan fingerprint density at radius 2 is 2.05 bits per heavy atom. The zero-order valence-electron chi connectivity index (χ0n) is 10.3. The van der Waals surface area contributed by atoms with Crippen LogP contribution in [0.1, 0.15) is 16.0 Å². The maximum atomic E-state index is 9.20. The van der Waals surface area contributed by atoms with Crippen LogP contribution in [0, 0.1) is 11.8 Å². The monoisotopic (exact) mass is 274 g/mol. The Morgan fingerprint density at radius 3 is 2.84 bits per heavy atom. The first-order chi connectivity index (χ1) is 9.33. The van der Waals surface area contributed by atoms with Gasteiger partial charge in [0.25, 0.3) is 0 Å². The summed E-state index contributed by atoms with van der Waals surface area (Å²) in [5.41, 5.74) is 1.66. The quantitative estimate of drug-likeness (QED) is 0.840.